The Kier molecular flexibility index (Phi) is 2.39. The second kappa shape index (κ2) is 4.43. The van der Waals surface area contributed by atoms with E-state index in [9.17, 15) is 0 Å². The Morgan fingerprint density at radius 3 is 2.13 bits per heavy atom. The Balaban J connectivity index is 1.78. The lowest BCUT2D eigenvalue weighted by Crippen LogP contribution is -2.15. The molecule has 0 saturated heterocycles. The number of para-hydroxylation sites is 4. The number of fused-ring (bicyclic) bond motifs is 4. The van der Waals surface area contributed by atoms with E-state index in [0.29, 0.717) is 0 Å². The van der Waals surface area contributed by atoms with Gasteiger partial charge < -0.3 is 9.64 Å². The lowest BCUT2D eigenvalue weighted by Gasteiger charge is -2.29. The third-order valence-electron chi connectivity index (χ3n) is 4.23. The van der Waals surface area contributed by atoms with Gasteiger partial charge in [0.25, 0.3) is 0 Å². The molecule has 1 aromatic heterocycles. The summed E-state index contributed by atoms with van der Waals surface area (Å²) in [6, 6.07) is 19.9. The van der Waals surface area contributed by atoms with E-state index in [2.05, 4.69) is 11.0 Å². The van der Waals surface area contributed by atoms with Crippen molar-refractivity contribution in [1.29, 1.82) is 0 Å². The van der Waals surface area contributed by atoms with Gasteiger partial charge in [0.05, 0.1) is 33.4 Å². The summed E-state index contributed by atoms with van der Waals surface area (Å²) in [5.41, 5.74) is 5.56. The molecule has 5 rings (SSSR count). The van der Waals surface area contributed by atoms with Gasteiger partial charge in [0.15, 0.2) is 11.5 Å². The Bertz CT molecular complexity index is 1070. The fourth-order valence-electron chi connectivity index (χ4n) is 3.05. The molecule has 0 atom stereocenters. The number of hydrogen-bond donors (Lipinski definition) is 0. The molecular weight excluding hydrogens is 286 g/mol. The first-order valence-electron chi connectivity index (χ1n) is 7.51. The van der Waals surface area contributed by atoms with E-state index < -0.39 is 0 Å². The molecule has 0 amide bonds. The maximum atomic E-state index is 6.06. The molecule has 4 aromatic rings. The van der Waals surface area contributed by atoms with Crippen molar-refractivity contribution in [1.82, 2.24) is 9.97 Å². The van der Waals surface area contributed by atoms with Gasteiger partial charge in [-0.1, -0.05) is 24.3 Å². The molecule has 1 aliphatic rings. The van der Waals surface area contributed by atoms with Crippen molar-refractivity contribution in [3.05, 3.63) is 60.7 Å². The maximum absolute atomic E-state index is 6.06. The molecule has 0 fully saturated rings. The topological polar surface area (TPSA) is 38.2 Å². The molecule has 23 heavy (non-hydrogen) atoms. The number of nitrogens with zero attached hydrogens (tertiary/aromatic N) is 3. The maximum Gasteiger partial charge on any atom is 0.153 e. The van der Waals surface area contributed by atoms with Crippen molar-refractivity contribution < 1.29 is 4.74 Å². The predicted molar refractivity (Wildman–Crippen MR) is 91.6 cm³/mol. The third-order valence-corrected chi connectivity index (χ3v) is 4.23. The van der Waals surface area contributed by atoms with Crippen molar-refractivity contribution in [2.24, 2.45) is 0 Å². The third kappa shape index (κ3) is 1.78. The Hall–Kier alpha value is -3.14. The molecule has 0 radical (unpaired) electrons. The SMILES string of the molecule is CN1c2ccccc2Oc2cc3nc4ccccc4nc3cc21. The fraction of sp³-hybridized carbons (Fsp3) is 0.0526. The number of ether oxygens (including phenoxy) is 1. The van der Waals surface area contributed by atoms with Crippen LogP contribution >= 0.6 is 0 Å². The second-order valence-electron chi connectivity index (χ2n) is 5.65. The quantitative estimate of drug-likeness (QED) is 0.443. The average Bonchev–Trinajstić information content (AvgIpc) is 2.59. The highest BCUT2D eigenvalue weighted by Crippen LogP contribution is 2.46. The number of benzene rings is 3. The van der Waals surface area contributed by atoms with E-state index in [1.165, 1.54) is 0 Å². The van der Waals surface area contributed by atoms with Gasteiger partial charge in [0, 0.05) is 13.1 Å². The predicted octanol–water partition coefficient (Wildman–Crippen LogP) is 4.66. The van der Waals surface area contributed by atoms with Crippen molar-refractivity contribution in [2.75, 3.05) is 11.9 Å². The second-order valence-corrected chi connectivity index (χ2v) is 5.65. The van der Waals surface area contributed by atoms with Crippen LogP contribution < -0.4 is 9.64 Å². The highest BCUT2D eigenvalue weighted by molar-refractivity contribution is 5.92. The van der Waals surface area contributed by atoms with Crippen LogP contribution in [0.5, 0.6) is 11.5 Å². The van der Waals surface area contributed by atoms with Crippen molar-refractivity contribution in [3.63, 3.8) is 0 Å². The number of anilines is 2. The Labute approximate surface area is 133 Å². The molecule has 4 heteroatoms. The minimum atomic E-state index is 0.809. The molecule has 110 valence electrons. The summed E-state index contributed by atoms with van der Waals surface area (Å²) in [6.45, 7) is 0. The summed E-state index contributed by atoms with van der Waals surface area (Å²) in [7, 11) is 2.04. The average molecular weight is 299 g/mol. The van der Waals surface area contributed by atoms with E-state index in [1.807, 2.05) is 61.6 Å². The van der Waals surface area contributed by atoms with E-state index in [-0.39, 0.29) is 0 Å². The minimum Gasteiger partial charge on any atom is -0.453 e. The summed E-state index contributed by atoms with van der Waals surface area (Å²) >= 11 is 0. The lowest BCUT2D eigenvalue weighted by atomic mass is 10.1. The molecule has 1 aliphatic heterocycles. The lowest BCUT2D eigenvalue weighted by molar-refractivity contribution is 0.476. The van der Waals surface area contributed by atoms with Gasteiger partial charge in [-0.3, -0.25) is 0 Å². The number of aromatic nitrogens is 2. The normalized spacial score (nSPS) is 12.8. The fourth-order valence-corrected chi connectivity index (χ4v) is 3.05. The molecule has 4 nitrogen and oxygen atoms in total. The monoisotopic (exact) mass is 299 g/mol. The van der Waals surface area contributed by atoms with E-state index >= 15 is 0 Å². The summed E-state index contributed by atoms with van der Waals surface area (Å²) < 4.78 is 6.06. The van der Waals surface area contributed by atoms with E-state index in [1.54, 1.807) is 0 Å². The van der Waals surface area contributed by atoms with Gasteiger partial charge in [-0.25, -0.2) is 9.97 Å². The first kappa shape index (κ1) is 12.4. The van der Waals surface area contributed by atoms with Crippen LogP contribution in [0.1, 0.15) is 0 Å². The molecular formula is C19H13N3O. The number of rotatable bonds is 0. The van der Waals surface area contributed by atoms with Gasteiger partial charge in [-0.2, -0.15) is 0 Å². The van der Waals surface area contributed by atoms with Crippen molar-refractivity contribution in [3.8, 4) is 11.5 Å². The Morgan fingerprint density at radius 2 is 1.35 bits per heavy atom. The molecule has 0 N–H and O–H groups in total. The van der Waals surface area contributed by atoms with Crippen LogP contribution in [0, 0.1) is 0 Å². The van der Waals surface area contributed by atoms with Crippen LogP contribution in [-0.2, 0) is 0 Å². The zero-order valence-electron chi connectivity index (χ0n) is 12.5. The molecule has 0 bridgehead atoms. The van der Waals surface area contributed by atoms with Crippen LogP contribution in [0.2, 0.25) is 0 Å². The molecule has 3 aromatic carbocycles. The summed E-state index contributed by atoms with van der Waals surface area (Å²) in [5, 5.41) is 0. The first-order chi connectivity index (χ1) is 11.3. The van der Waals surface area contributed by atoms with Crippen molar-refractivity contribution in [2.45, 2.75) is 0 Å². The Morgan fingerprint density at radius 1 is 0.696 bits per heavy atom. The molecule has 0 aliphatic carbocycles. The number of hydrogen-bond acceptors (Lipinski definition) is 4. The molecule has 0 unspecified atom stereocenters. The van der Waals surface area contributed by atoms with Gasteiger partial charge >= 0.3 is 0 Å². The van der Waals surface area contributed by atoms with Crippen LogP contribution in [-0.4, -0.2) is 17.0 Å². The first-order valence-corrected chi connectivity index (χ1v) is 7.51. The van der Waals surface area contributed by atoms with Gasteiger partial charge in [-0.15, -0.1) is 0 Å². The molecule has 2 heterocycles. The van der Waals surface area contributed by atoms with Gasteiger partial charge in [-0.05, 0) is 30.3 Å². The zero-order chi connectivity index (χ0) is 15.4. The minimum absolute atomic E-state index is 0.809. The highest BCUT2D eigenvalue weighted by atomic mass is 16.5. The smallest absolute Gasteiger partial charge is 0.153 e. The van der Waals surface area contributed by atoms with E-state index in [0.717, 1.165) is 44.9 Å². The van der Waals surface area contributed by atoms with Crippen LogP contribution in [0.3, 0.4) is 0 Å². The summed E-state index contributed by atoms with van der Waals surface area (Å²) in [4.78, 5) is 11.6. The zero-order valence-corrected chi connectivity index (χ0v) is 12.5. The van der Waals surface area contributed by atoms with Gasteiger partial charge in [0.2, 0.25) is 0 Å². The largest absolute Gasteiger partial charge is 0.453 e. The van der Waals surface area contributed by atoms with Crippen molar-refractivity contribution >= 4 is 33.4 Å². The van der Waals surface area contributed by atoms with Crippen LogP contribution in [0.15, 0.2) is 60.7 Å². The molecule has 0 saturated carbocycles. The molecule has 0 spiro atoms. The summed E-state index contributed by atoms with van der Waals surface area (Å²) in [5.74, 6) is 1.67. The standard InChI is InChI=1S/C19H13N3O/c1-22-16-8-4-5-9-18(16)23-19-11-15-14(10-17(19)22)20-12-6-2-3-7-13(12)21-15/h2-11H,1H3. The van der Waals surface area contributed by atoms with Crippen LogP contribution in [0.4, 0.5) is 11.4 Å². The van der Waals surface area contributed by atoms with Crippen LogP contribution in [0.25, 0.3) is 22.1 Å². The highest BCUT2D eigenvalue weighted by Gasteiger charge is 2.22. The van der Waals surface area contributed by atoms with E-state index in [4.69, 9.17) is 14.7 Å². The van der Waals surface area contributed by atoms with Gasteiger partial charge in [0.1, 0.15) is 0 Å². The summed E-state index contributed by atoms with van der Waals surface area (Å²) in [6.07, 6.45) is 0.